The Kier molecular flexibility index (Phi) is 11.9. The molecule has 0 radical (unpaired) electrons. The summed E-state index contributed by atoms with van der Waals surface area (Å²) < 4.78 is 21.6. The molecule has 66 heavy (non-hydrogen) atoms. The second-order valence-corrected chi connectivity index (χ2v) is 17.3. The molecule has 0 aliphatic carbocycles. The predicted octanol–water partition coefficient (Wildman–Crippen LogP) is 7.75. The molecule has 10 rings (SSSR count). The number of rotatable bonds is 10. The number of methoxy groups -OCH3 is 2. The molecule has 16 nitrogen and oxygen atoms in total. The van der Waals surface area contributed by atoms with Crippen LogP contribution in [0.3, 0.4) is 0 Å². The van der Waals surface area contributed by atoms with E-state index in [0.29, 0.717) is 63.0 Å². The molecule has 3 fully saturated rings. The molecule has 340 valence electrons. The van der Waals surface area contributed by atoms with Crippen LogP contribution in [-0.2, 0) is 30.4 Å². The molecular weight excluding hydrogens is 841 g/mol. The number of benzene rings is 4. The number of aromatic amines is 2. The van der Waals surface area contributed by atoms with Gasteiger partial charge in [0.15, 0.2) is 0 Å². The van der Waals surface area contributed by atoms with Crippen molar-refractivity contribution in [2.24, 2.45) is 5.92 Å². The number of H-pyrrole nitrogens is 2. The Balaban J connectivity index is 0.841. The summed E-state index contributed by atoms with van der Waals surface area (Å²) in [5, 5.41) is 7.68. The van der Waals surface area contributed by atoms with Crippen LogP contribution in [0.15, 0.2) is 91.1 Å². The van der Waals surface area contributed by atoms with E-state index < -0.39 is 24.3 Å². The summed E-state index contributed by atoms with van der Waals surface area (Å²) in [5.41, 5.74) is 7.11. The number of ether oxygens (including phenoxy) is 4. The molecule has 0 unspecified atom stereocenters. The van der Waals surface area contributed by atoms with Crippen molar-refractivity contribution in [3.8, 4) is 39.4 Å². The van der Waals surface area contributed by atoms with Crippen LogP contribution in [0.4, 0.5) is 9.59 Å². The van der Waals surface area contributed by atoms with Crippen molar-refractivity contribution < 1.29 is 38.1 Å². The van der Waals surface area contributed by atoms with Crippen molar-refractivity contribution in [2.75, 3.05) is 40.5 Å². The Bertz CT molecular complexity index is 2780. The Hall–Kier alpha value is -7.20. The molecule has 3 saturated heterocycles. The summed E-state index contributed by atoms with van der Waals surface area (Å²) in [6, 6.07) is 25.9. The van der Waals surface area contributed by atoms with Crippen molar-refractivity contribution in [1.29, 1.82) is 0 Å². The minimum Gasteiger partial charge on any atom is -0.487 e. The van der Waals surface area contributed by atoms with Gasteiger partial charge in [-0.2, -0.15) is 0 Å². The maximum absolute atomic E-state index is 14.1. The first-order chi connectivity index (χ1) is 32.3. The maximum Gasteiger partial charge on any atom is 0.407 e. The number of nitrogens with one attached hydrogen (secondary N) is 4. The number of alkyl carbamates (subject to hydrolysis) is 2. The Morgan fingerprint density at radius 3 is 2.12 bits per heavy atom. The zero-order valence-electron chi connectivity index (χ0n) is 36.9. The summed E-state index contributed by atoms with van der Waals surface area (Å²) in [4.78, 5) is 73.2. The predicted molar refractivity (Wildman–Crippen MR) is 244 cm³/mol. The molecule has 0 saturated carbocycles. The van der Waals surface area contributed by atoms with E-state index in [9.17, 15) is 19.2 Å². The van der Waals surface area contributed by atoms with E-state index in [2.05, 4.69) is 69.1 Å². The van der Waals surface area contributed by atoms with Gasteiger partial charge in [0.1, 0.15) is 36.1 Å². The van der Waals surface area contributed by atoms with Gasteiger partial charge in [-0.3, -0.25) is 9.59 Å². The highest BCUT2D eigenvalue weighted by atomic mass is 16.5. The fourth-order valence-corrected chi connectivity index (χ4v) is 10.0. The molecule has 4 atom stereocenters. The molecule has 0 spiro atoms. The summed E-state index contributed by atoms with van der Waals surface area (Å²) >= 11 is 0. The van der Waals surface area contributed by atoms with Crippen molar-refractivity contribution in [3.05, 3.63) is 114 Å². The quantitative estimate of drug-likeness (QED) is 0.106. The minimum atomic E-state index is -0.889. The molecule has 4 N–H and O–H groups in total. The number of carbonyl (C=O) groups excluding carboxylic acids is 4. The number of fused-ring (bicyclic) bond motifs is 4. The van der Waals surface area contributed by atoms with Crippen LogP contribution >= 0.6 is 0 Å². The molecule has 6 aromatic rings. The van der Waals surface area contributed by atoms with Crippen LogP contribution in [0.25, 0.3) is 44.4 Å². The fraction of sp³-hybridized carbons (Fsp3) is 0.360. The number of likely N-dealkylation sites (tertiary alicyclic amines) is 2. The van der Waals surface area contributed by atoms with E-state index in [0.717, 1.165) is 81.5 Å². The van der Waals surface area contributed by atoms with Crippen molar-refractivity contribution in [1.82, 2.24) is 40.4 Å². The minimum absolute atomic E-state index is 0.0446. The van der Waals surface area contributed by atoms with Crippen LogP contribution in [0.5, 0.6) is 5.75 Å². The van der Waals surface area contributed by atoms with Crippen molar-refractivity contribution in [3.63, 3.8) is 0 Å². The first-order valence-corrected chi connectivity index (χ1v) is 22.6. The Morgan fingerprint density at radius 2 is 1.38 bits per heavy atom. The third-order valence-electron chi connectivity index (χ3n) is 13.5. The van der Waals surface area contributed by atoms with Gasteiger partial charge in [0.05, 0.1) is 49.6 Å². The number of hydrogen-bond acceptors (Lipinski definition) is 10. The molecule has 4 aromatic carbocycles. The van der Waals surface area contributed by atoms with Gasteiger partial charge in [0, 0.05) is 37.4 Å². The normalized spacial score (nSPS) is 19.1. The Morgan fingerprint density at radius 1 is 0.727 bits per heavy atom. The van der Waals surface area contributed by atoms with Gasteiger partial charge in [0.2, 0.25) is 5.91 Å². The molecule has 2 aromatic heterocycles. The molecular formula is C50H52N8O8. The lowest BCUT2D eigenvalue weighted by Gasteiger charge is -2.34. The number of carbonyl (C=O) groups is 4. The smallest absolute Gasteiger partial charge is 0.407 e. The van der Waals surface area contributed by atoms with E-state index >= 15 is 0 Å². The molecule has 0 bridgehead atoms. The number of amides is 4. The van der Waals surface area contributed by atoms with Crippen LogP contribution in [-0.4, -0.2) is 100 Å². The van der Waals surface area contributed by atoms with Crippen LogP contribution in [0, 0.1) is 5.92 Å². The van der Waals surface area contributed by atoms with Gasteiger partial charge >= 0.3 is 12.2 Å². The second kappa shape index (κ2) is 18.4. The molecule has 6 heterocycles. The first kappa shape index (κ1) is 42.7. The first-order valence-electron chi connectivity index (χ1n) is 22.6. The summed E-state index contributed by atoms with van der Waals surface area (Å²) in [6.07, 6.45) is 5.02. The van der Waals surface area contributed by atoms with Gasteiger partial charge in [-0.1, -0.05) is 60.7 Å². The summed E-state index contributed by atoms with van der Waals surface area (Å²) in [6.45, 7) is 2.54. The fourth-order valence-electron chi connectivity index (χ4n) is 10.0. The van der Waals surface area contributed by atoms with Gasteiger partial charge in [0.25, 0.3) is 5.91 Å². The van der Waals surface area contributed by atoms with E-state index in [-0.39, 0.29) is 29.8 Å². The maximum atomic E-state index is 14.1. The highest BCUT2D eigenvalue weighted by molar-refractivity contribution is 5.92. The lowest BCUT2D eigenvalue weighted by Crippen LogP contribution is -2.53. The van der Waals surface area contributed by atoms with Gasteiger partial charge in [-0.15, -0.1) is 0 Å². The Labute approximate surface area is 381 Å². The van der Waals surface area contributed by atoms with E-state index in [1.54, 1.807) is 4.90 Å². The highest BCUT2D eigenvalue weighted by Gasteiger charge is 2.41. The largest absolute Gasteiger partial charge is 0.487 e. The number of aromatic nitrogens is 4. The lowest BCUT2D eigenvalue weighted by atomic mass is 9.90. The zero-order valence-corrected chi connectivity index (χ0v) is 36.9. The molecule has 16 heteroatoms. The number of imidazole rings is 2. The standard InChI is InChI=1S/C50H52N8O8/c1-63-49(61)55-42(29-8-4-3-5-9-29)47(59)57-20-6-10-39(57)45-51-27-37(52-45)35-15-14-31-24-32(12-13-33(31)25-35)34-16-17-36-41(26-34)66-28-38-44(36)54-46(53-38)40-11-7-21-58(40)48(60)43(56-50(62)64-2)30-18-22-65-23-19-30/h3-5,8-9,12-17,24-27,30,39-40,42-43H,6-7,10-11,18-23,28H2,1-2H3,(H,51,52)(H,53,54)(H,55,61)(H,56,62)/t39-,40-,42+,43-/m0/s1. The highest BCUT2D eigenvalue weighted by Crippen LogP contribution is 2.42. The monoisotopic (exact) mass is 892 g/mol. The lowest BCUT2D eigenvalue weighted by molar-refractivity contribution is -0.137. The van der Waals surface area contributed by atoms with Crippen LogP contribution in [0.1, 0.15) is 79.6 Å². The van der Waals surface area contributed by atoms with Gasteiger partial charge in [-0.05, 0) is 96.2 Å². The van der Waals surface area contributed by atoms with Gasteiger partial charge < -0.3 is 49.3 Å². The van der Waals surface area contributed by atoms with Crippen molar-refractivity contribution >= 4 is 34.8 Å². The second-order valence-electron chi connectivity index (χ2n) is 17.3. The number of nitrogens with zero attached hydrogens (tertiary/aromatic N) is 4. The molecule has 4 aliphatic heterocycles. The average molecular weight is 893 g/mol. The molecule has 4 aliphatic rings. The van der Waals surface area contributed by atoms with Crippen LogP contribution < -0.4 is 15.4 Å². The summed E-state index contributed by atoms with van der Waals surface area (Å²) in [7, 11) is 2.59. The molecule has 4 amide bonds. The van der Waals surface area contributed by atoms with E-state index in [1.165, 1.54) is 14.2 Å². The third-order valence-corrected chi connectivity index (χ3v) is 13.5. The number of hydrogen-bond donors (Lipinski definition) is 4. The van der Waals surface area contributed by atoms with Gasteiger partial charge in [-0.25, -0.2) is 19.6 Å². The van der Waals surface area contributed by atoms with Crippen LogP contribution in [0.2, 0.25) is 0 Å². The SMILES string of the molecule is COC(=O)N[C@H](C(=O)N1CCC[C@H]1c1nc2c([nH]1)COc1cc(-c3ccc4cc(-c5cnc([C@@H]6CCCN6C(=O)[C@H](NC(=O)OC)c6ccccc6)[nH]5)ccc4c3)ccc1-2)C1CCOCC1. The average Bonchev–Trinajstić information content (AvgIpc) is 4.21. The van der Waals surface area contributed by atoms with E-state index in [1.807, 2.05) is 47.5 Å². The zero-order chi connectivity index (χ0) is 45.3. The topological polar surface area (TPSA) is 193 Å². The third kappa shape index (κ3) is 8.32. The van der Waals surface area contributed by atoms with Crippen molar-refractivity contribution in [2.45, 2.75) is 69.3 Å². The van der Waals surface area contributed by atoms with E-state index in [4.69, 9.17) is 28.9 Å². The summed E-state index contributed by atoms with van der Waals surface area (Å²) in [5.74, 6) is 1.77.